The molecule has 0 spiro atoms. The molecular formula is C20H30O6. The number of hydrogen-bond donors (Lipinski definition) is 3. The Morgan fingerprint density at radius 1 is 1.31 bits per heavy atom. The first-order valence-electron chi connectivity index (χ1n) is 9.67. The van der Waals surface area contributed by atoms with Crippen molar-refractivity contribution in [3.63, 3.8) is 0 Å². The molecular weight excluding hydrogens is 336 g/mol. The highest BCUT2D eigenvalue weighted by molar-refractivity contribution is 5.90. The molecule has 0 aromatic heterocycles. The Labute approximate surface area is 154 Å². The fourth-order valence-electron chi connectivity index (χ4n) is 6.68. The Kier molecular flexibility index (Phi) is 4.91. The first-order valence-corrected chi connectivity index (χ1v) is 9.67. The maximum absolute atomic E-state index is 12.7. The number of Topliss-reactive ketones (excluding diaryl/α,β-unsaturated/α-hetero) is 2. The Bertz CT molecular complexity index is 617. The Morgan fingerprint density at radius 2 is 2.00 bits per heavy atom. The van der Waals surface area contributed by atoms with E-state index < -0.39 is 34.9 Å². The molecule has 3 rings (SSSR count). The topological polar surface area (TPSA) is 112 Å². The summed E-state index contributed by atoms with van der Waals surface area (Å²) in [6, 6.07) is 0. The molecule has 0 heterocycles. The van der Waals surface area contributed by atoms with Gasteiger partial charge in [-0.2, -0.15) is 0 Å². The Hall–Kier alpha value is -1.11. The lowest BCUT2D eigenvalue weighted by Crippen LogP contribution is -2.62. The minimum Gasteiger partial charge on any atom is -0.393 e. The molecule has 0 aromatic carbocycles. The lowest BCUT2D eigenvalue weighted by atomic mass is 9.46. The summed E-state index contributed by atoms with van der Waals surface area (Å²) in [4.78, 5) is 35.9. The van der Waals surface area contributed by atoms with Crippen LogP contribution in [0.1, 0.15) is 58.8 Å². The molecule has 3 fully saturated rings. The van der Waals surface area contributed by atoms with Crippen LogP contribution in [0.25, 0.3) is 0 Å². The van der Waals surface area contributed by atoms with Gasteiger partial charge in [0, 0.05) is 29.6 Å². The van der Waals surface area contributed by atoms with Gasteiger partial charge < -0.3 is 20.1 Å². The fraction of sp³-hybridized carbons (Fsp3) is 0.850. The molecule has 26 heavy (non-hydrogen) atoms. The molecule has 146 valence electrons. The molecule has 0 amide bonds. The number of hydrogen-bond acceptors (Lipinski definition) is 6. The van der Waals surface area contributed by atoms with Crippen molar-refractivity contribution in [2.75, 3.05) is 6.61 Å². The van der Waals surface area contributed by atoms with Gasteiger partial charge in [-0.15, -0.1) is 0 Å². The smallest absolute Gasteiger partial charge is 0.190 e. The average Bonchev–Trinajstić information content (AvgIpc) is 2.87. The van der Waals surface area contributed by atoms with Crippen molar-refractivity contribution in [1.82, 2.24) is 0 Å². The summed E-state index contributed by atoms with van der Waals surface area (Å²) >= 11 is 0. The number of carbonyl (C=O) groups excluding carboxylic acids is 3. The first-order chi connectivity index (χ1) is 12.2. The molecule has 7 atom stereocenters. The highest BCUT2D eigenvalue weighted by Crippen LogP contribution is 2.65. The number of ketones is 2. The SMILES string of the molecule is CC1(CCC=O)C(=O)CCC2C1C(O)CC1(C)C2CCC1(O)C(=O)CO. The molecule has 0 bridgehead atoms. The largest absolute Gasteiger partial charge is 0.393 e. The summed E-state index contributed by atoms with van der Waals surface area (Å²) in [7, 11) is 0. The first kappa shape index (κ1) is 19.6. The van der Waals surface area contributed by atoms with Gasteiger partial charge in [-0.25, -0.2) is 0 Å². The molecule has 0 saturated heterocycles. The molecule has 3 saturated carbocycles. The summed E-state index contributed by atoms with van der Waals surface area (Å²) < 4.78 is 0. The Balaban J connectivity index is 1.99. The lowest BCUT2D eigenvalue weighted by Gasteiger charge is -2.58. The molecule has 3 aliphatic carbocycles. The summed E-state index contributed by atoms with van der Waals surface area (Å²) in [5.74, 6) is -0.696. The summed E-state index contributed by atoms with van der Waals surface area (Å²) in [5.41, 5.74) is -3.18. The van der Waals surface area contributed by atoms with Crippen molar-refractivity contribution in [2.45, 2.75) is 70.5 Å². The van der Waals surface area contributed by atoms with Gasteiger partial charge in [0.15, 0.2) is 5.78 Å². The van der Waals surface area contributed by atoms with Crippen molar-refractivity contribution in [1.29, 1.82) is 0 Å². The van der Waals surface area contributed by atoms with E-state index in [1.807, 2.05) is 13.8 Å². The highest BCUT2D eigenvalue weighted by Gasteiger charge is 2.68. The predicted molar refractivity (Wildman–Crippen MR) is 93.1 cm³/mol. The van der Waals surface area contributed by atoms with E-state index in [9.17, 15) is 29.7 Å². The normalized spacial score (nSPS) is 48.0. The number of rotatable bonds is 5. The predicted octanol–water partition coefficient (Wildman–Crippen LogP) is 1.04. The van der Waals surface area contributed by atoms with Crippen LogP contribution < -0.4 is 0 Å². The van der Waals surface area contributed by atoms with Crippen LogP contribution in [0.5, 0.6) is 0 Å². The second kappa shape index (κ2) is 6.50. The van der Waals surface area contributed by atoms with E-state index in [-0.39, 0.29) is 42.8 Å². The number of aldehydes is 1. The standard InChI is InChI=1S/C20H30O6/c1-18(7-3-9-21)15(24)5-4-12-13-6-8-20(26,16(25)11-22)19(13,2)10-14(23)17(12)18/h9,12-14,17,22-23,26H,3-8,10-11H2,1-2H3. The number of fused-ring (bicyclic) bond motifs is 3. The molecule has 3 aliphatic rings. The highest BCUT2D eigenvalue weighted by atomic mass is 16.3. The van der Waals surface area contributed by atoms with E-state index in [0.29, 0.717) is 25.7 Å². The van der Waals surface area contributed by atoms with Gasteiger partial charge in [0.2, 0.25) is 0 Å². The molecule has 6 nitrogen and oxygen atoms in total. The quantitative estimate of drug-likeness (QED) is 0.627. The molecule has 7 unspecified atom stereocenters. The van der Waals surface area contributed by atoms with Gasteiger partial charge in [-0.1, -0.05) is 13.8 Å². The van der Waals surface area contributed by atoms with Gasteiger partial charge in [0.25, 0.3) is 0 Å². The second-order valence-electron chi connectivity index (χ2n) is 9.05. The summed E-state index contributed by atoms with van der Waals surface area (Å²) in [6.45, 7) is 3.00. The van der Waals surface area contributed by atoms with E-state index in [4.69, 9.17) is 0 Å². The fourth-order valence-corrected chi connectivity index (χ4v) is 6.68. The maximum Gasteiger partial charge on any atom is 0.190 e. The molecule has 3 N–H and O–H groups in total. The van der Waals surface area contributed by atoms with Gasteiger partial charge in [0.05, 0.1) is 6.10 Å². The van der Waals surface area contributed by atoms with Crippen LogP contribution in [0.4, 0.5) is 0 Å². The molecule has 0 radical (unpaired) electrons. The van der Waals surface area contributed by atoms with E-state index in [2.05, 4.69) is 0 Å². The zero-order valence-corrected chi connectivity index (χ0v) is 15.6. The monoisotopic (exact) mass is 366 g/mol. The zero-order chi connectivity index (χ0) is 19.3. The van der Waals surface area contributed by atoms with Crippen molar-refractivity contribution >= 4 is 17.9 Å². The van der Waals surface area contributed by atoms with Crippen molar-refractivity contribution in [2.24, 2.45) is 28.6 Å². The third-order valence-electron chi connectivity index (χ3n) is 8.07. The third kappa shape index (κ3) is 2.45. The van der Waals surface area contributed by atoms with Crippen LogP contribution in [0.15, 0.2) is 0 Å². The zero-order valence-electron chi connectivity index (χ0n) is 15.6. The summed E-state index contributed by atoms with van der Waals surface area (Å²) in [5, 5.41) is 31.5. The van der Waals surface area contributed by atoms with Crippen molar-refractivity contribution in [3.05, 3.63) is 0 Å². The van der Waals surface area contributed by atoms with Gasteiger partial charge in [-0.05, 0) is 43.9 Å². The van der Waals surface area contributed by atoms with Gasteiger partial charge >= 0.3 is 0 Å². The van der Waals surface area contributed by atoms with Gasteiger partial charge in [0.1, 0.15) is 24.3 Å². The number of aliphatic hydroxyl groups is 3. The van der Waals surface area contributed by atoms with E-state index in [1.165, 1.54) is 0 Å². The van der Waals surface area contributed by atoms with Crippen LogP contribution in [0.2, 0.25) is 0 Å². The van der Waals surface area contributed by atoms with E-state index in [1.54, 1.807) is 0 Å². The average molecular weight is 366 g/mol. The minimum absolute atomic E-state index is 0.0139. The molecule has 0 aromatic rings. The van der Waals surface area contributed by atoms with E-state index >= 15 is 0 Å². The van der Waals surface area contributed by atoms with Crippen LogP contribution in [0, 0.1) is 28.6 Å². The van der Waals surface area contributed by atoms with Crippen LogP contribution in [-0.4, -0.2) is 51.5 Å². The second-order valence-corrected chi connectivity index (χ2v) is 9.05. The number of aliphatic hydroxyl groups excluding tert-OH is 2. The van der Waals surface area contributed by atoms with Crippen LogP contribution in [-0.2, 0) is 14.4 Å². The Morgan fingerprint density at radius 3 is 2.62 bits per heavy atom. The minimum atomic E-state index is -1.63. The van der Waals surface area contributed by atoms with Crippen LogP contribution in [0.3, 0.4) is 0 Å². The lowest BCUT2D eigenvalue weighted by molar-refractivity contribution is -0.189. The van der Waals surface area contributed by atoms with Crippen LogP contribution >= 0.6 is 0 Å². The molecule has 0 aliphatic heterocycles. The third-order valence-corrected chi connectivity index (χ3v) is 8.07. The maximum atomic E-state index is 12.7. The number of carbonyl (C=O) groups is 3. The molecule has 6 heteroatoms. The van der Waals surface area contributed by atoms with Crippen molar-refractivity contribution < 1.29 is 29.7 Å². The van der Waals surface area contributed by atoms with Gasteiger partial charge in [-0.3, -0.25) is 9.59 Å². The van der Waals surface area contributed by atoms with Crippen molar-refractivity contribution in [3.8, 4) is 0 Å². The van der Waals surface area contributed by atoms with E-state index in [0.717, 1.165) is 6.29 Å². The summed E-state index contributed by atoms with van der Waals surface area (Å²) in [6.07, 6.45) is 2.90.